The molecule has 4 rings (SSSR count). The molecule has 2 unspecified atom stereocenters. The molecular weight excluding hydrogens is 384 g/mol. The van der Waals surface area contributed by atoms with Gasteiger partial charge in [-0.1, -0.05) is 92.8 Å². The van der Waals surface area contributed by atoms with E-state index >= 15 is 0 Å². The highest BCUT2D eigenvalue weighted by Crippen LogP contribution is 2.43. The second kappa shape index (κ2) is 10.3. The lowest BCUT2D eigenvalue weighted by Crippen LogP contribution is -2.54. The van der Waals surface area contributed by atoms with Crippen molar-refractivity contribution in [3.05, 3.63) is 71.8 Å². The van der Waals surface area contributed by atoms with Crippen LogP contribution in [0.4, 0.5) is 0 Å². The van der Waals surface area contributed by atoms with Crippen LogP contribution in [0.3, 0.4) is 0 Å². The van der Waals surface area contributed by atoms with Gasteiger partial charge in [0.15, 0.2) is 11.6 Å². The van der Waals surface area contributed by atoms with Crippen LogP contribution >= 0.6 is 0 Å². The van der Waals surface area contributed by atoms with E-state index in [9.17, 15) is 9.59 Å². The molecule has 2 aromatic rings. The van der Waals surface area contributed by atoms with Crippen LogP contribution < -0.4 is 5.73 Å². The molecule has 1 heterocycles. The van der Waals surface area contributed by atoms with Crippen molar-refractivity contribution < 1.29 is 9.59 Å². The van der Waals surface area contributed by atoms with Crippen LogP contribution in [-0.2, 0) is 0 Å². The molecule has 0 amide bonds. The van der Waals surface area contributed by atoms with E-state index in [4.69, 9.17) is 5.73 Å². The van der Waals surface area contributed by atoms with Gasteiger partial charge in [0.2, 0.25) is 0 Å². The zero-order valence-electron chi connectivity index (χ0n) is 18.3. The molecule has 4 nitrogen and oxygen atoms in total. The Morgan fingerprint density at radius 2 is 1.26 bits per heavy atom. The summed E-state index contributed by atoms with van der Waals surface area (Å²) in [7, 11) is 0. The Kier molecular flexibility index (Phi) is 7.31. The van der Waals surface area contributed by atoms with Gasteiger partial charge in [0.05, 0.1) is 0 Å². The number of rotatable bonds is 7. The van der Waals surface area contributed by atoms with Gasteiger partial charge in [-0.25, -0.2) is 0 Å². The lowest BCUT2D eigenvalue weighted by atomic mass is 9.63. The Balaban J connectivity index is 1.72. The molecule has 0 radical (unpaired) electrons. The summed E-state index contributed by atoms with van der Waals surface area (Å²) in [4.78, 5) is 29.7. The van der Waals surface area contributed by atoms with E-state index in [0.717, 1.165) is 24.0 Å². The first kappa shape index (κ1) is 21.9. The minimum absolute atomic E-state index is 0.0923. The minimum atomic E-state index is -0.163. The topological polar surface area (TPSA) is 63.4 Å². The molecule has 2 aromatic carbocycles. The highest BCUT2D eigenvalue weighted by Gasteiger charge is 2.47. The van der Waals surface area contributed by atoms with Gasteiger partial charge >= 0.3 is 0 Å². The van der Waals surface area contributed by atoms with Crippen molar-refractivity contribution in [2.45, 2.75) is 32.1 Å². The third-order valence-corrected chi connectivity index (χ3v) is 7.27. The van der Waals surface area contributed by atoms with E-state index in [1.54, 1.807) is 0 Å². The highest BCUT2D eigenvalue weighted by atomic mass is 16.1. The van der Waals surface area contributed by atoms with Crippen LogP contribution in [0.15, 0.2) is 60.7 Å². The lowest BCUT2D eigenvalue weighted by Gasteiger charge is -2.47. The van der Waals surface area contributed by atoms with Gasteiger partial charge in [-0.15, -0.1) is 0 Å². The summed E-state index contributed by atoms with van der Waals surface area (Å²) in [6, 6.07) is 19.2. The number of carbonyl (C=O) groups is 2. The number of hydrogen-bond donors (Lipinski definition) is 1. The van der Waals surface area contributed by atoms with E-state index in [-0.39, 0.29) is 29.3 Å². The van der Waals surface area contributed by atoms with Crippen molar-refractivity contribution in [2.75, 3.05) is 26.2 Å². The number of ketones is 2. The maximum absolute atomic E-state index is 13.7. The Labute approximate surface area is 185 Å². The smallest absolute Gasteiger partial charge is 0.167 e. The number of benzene rings is 2. The minimum Gasteiger partial charge on any atom is -0.329 e. The molecule has 0 aromatic heterocycles. The largest absolute Gasteiger partial charge is 0.329 e. The molecule has 0 bridgehead atoms. The van der Waals surface area contributed by atoms with Gasteiger partial charge < -0.3 is 10.6 Å². The summed E-state index contributed by atoms with van der Waals surface area (Å²) >= 11 is 0. The fraction of sp³-hybridized carbons (Fsp3) is 0.481. The van der Waals surface area contributed by atoms with E-state index in [2.05, 4.69) is 4.90 Å². The maximum atomic E-state index is 13.7. The predicted molar refractivity (Wildman–Crippen MR) is 124 cm³/mol. The molecular formula is C27H34N2O2. The number of nitrogens with two attached hydrogens (primary N) is 1. The van der Waals surface area contributed by atoms with Crippen molar-refractivity contribution in [1.29, 1.82) is 0 Å². The Morgan fingerprint density at radius 1 is 0.774 bits per heavy atom. The first-order valence-corrected chi connectivity index (χ1v) is 11.8. The first-order valence-electron chi connectivity index (χ1n) is 11.8. The molecule has 1 saturated carbocycles. The van der Waals surface area contributed by atoms with Gasteiger partial charge in [-0.2, -0.15) is 0 Å². The fourth-order valence-corrected chi connectivity index (χ4v) is 5.84. The molecule has 2 N–H and O–H groups in total. The standard InChI is InChI=1S/C27H34N2O2/c28-16-17-29-18-23(26(30)21-12-6-2-7-13-21)25(20-10-4-1-5-11-20)24(19-29)27(31)22-14-8-3-9-15-22/h2-3,6-9,12-15,20,23-25H,1,4-5,10-11,16-19,28H2. The van der Waals surface area contributed by atoms with Gasteiger partial charge in [-0.05, 0) is 11.8 Å². The average molecular weight is 419 g/mol. The van der Waals surface area contributed by atoms with Crippen LogP contribution in [0, 0.1) is 23.7 Å². The van der Waals surface area contributed by atoms with Crippen molar-refractivity contribution in [1.82, 2.24) is 4.90 Å². The maximum Gasteiger partial charge on any atom is 0.167 e. The molecule has 2 aliphatic rings. The van der Waals surface area contributed by atoms with Crippen LogP contribution in [0.1, 0.15) is 52.8 Å². The van der Waals surface area contributed by atoms with Crippen molar-refractivity contribution in [3.8, 4) is 0 Å². The van der Waals surface area contributed by atoms with Crippen LogP contribution in [0.5, 0.6) is 0 Å². The lowest BCUT2D eigenvalue weighted by molar-refractivity contribution is 0.0186. The number of piperidine rings is 1. The summed E-state index contributed by atoms with van der Waals surface area (Å²) in [5.74, 6) is 0.568. The summed E-state index contributed by atoms with van der Waals surface area (Å²) < 4.78 is 0. The van der Waals surface area contributed by atoms with Gasteiger partial charge in [0.1, 0.15) is 0 Å². The van der Waals surface area contributed by atoms with E-state index in [1.807, 2.05) is 60.7 Å². The SMILES string of the molecule is NCCN1CC(C(=O)c2ccccc2)C(C2CCCCC2)C(C(=O)c2ccccc2)C1. The second-order valence-electron chi connectivity index (χ2n) is 9.20. The monoisotopic (exact) mass is 418 g/mol. The highest BCUT2D eigenvalue weighted by molar-refractivity contribution is 6.01. The van der Waals surface area contributed by atoms with Gasteiger partial charge in [0.25, 0.3) is 0 Å². The first-order chi connectivity index (χ1) is 15.2. The van der Waals surface area contributed by atoms with Crippen LogP contribution in [-0.4, -0.2) is 42.6 Å². The molecule has 4 heteroatoms. The fourth-order valence-electron chi connectivity index (χ4n) is 5.84. The van der Waals surface area contributed by atoms with Crippen molar-refractivity contribution in [2.24, 2.45) is 29.4 Å². The number of nitrogens with zero attached hydrogens (tertiary/aromatic N) is 1. The van der Waals surface area contributed by atoms with Crippen molar-refractivity contribution >= 4 is 11.6 Å². The van der Waals surface area contributed by atoms with Gasteiger partial charge in [0, 0.05) is 49.1 Å². The Bertz CT molecular complexity index is 800. The normalized spacial score (nSPS) is 25.3. The van der Waals surface area contributed by atoms with Gasteiger partial charge in [-0.3, -0.25) is 9.59 Å². The number of hydrogen-bond acceptors (Lipinski definition) is 4. The molecule has 0 spiro atoms. The predicted octanol–water partition coefficient (Wildman–Crippen LogP) is 4.46. The van der Waals surface area contributed by atoms with E-state index < -0.39 is 0 Å². The molecule has 1 saturated heterocycles. The van der Waals surface area contributed by atoms with Crippen molar-refractivity contribution in [3.63, 3.8) is 0 Å². The summed E-state index contributed by atoms with van der Waals surface area (Å²) in [5, 5.41) is 0. The van der Waals surface area contributed by atoms with E-state index in [1.165, 1.54) is 19.3 Å². The average Bonchev–Trinajstić information content (AvgIpc) is 2.84. The summed E-state index contributed by atoms with van der Waals surface area (Å²) in [5.41, 5.74) is 7.41. The molecule has 1 aliphatic heterocycles. The molecule has 1 aliphatic carbocycles. The quantitative estimate of drug-likeness (QED) is 0.675. The molecule has 2 atom stereocenters. The number of likely N-dealkylation sites (tertiary alicyclic amines) is 1. The zero-order chi connectivity index (χ0) is 21.6. The third-order valence-electron chi connectivity index (χ3n) is 7.27. The molecule has 2 fully saturated rings. The summed E-state index contributed by atoms with van der Waals surface area (Å²) in [6.07, 6.45) is 5.91. The third kappa shape index (κ3) is 4.97. The number of Topliss-reactive ketones (excluding diaryl/α,β-unsaturated/α-hetero) is 2. The Hall–Kier alpha value is -2.30. The number of carbonyl (C=O) groups excluding carboxylic acids is 2. The van der Waals surface area contributed by atoms with E-state index in [0.29, 0.717) is 32.1 Å². The van der Waals surface area contributed by atoms with Crippen LogP contribution in [0.25, 0.3) is 0 Å². The second-order valence-corrected chi connectivity index (χ2v) is 9.20. The molecule has 31 heavy (non-hydrogen) atoms. The summed E-state index contributed by atoms with van der Waals surface area (Å²) in [6.45, 7) is 2.65. The zero-order valence-corrected chi connectivity index (χ0v) is 18.3. The molecule has 164 valence electrons. The van der Waals surface area contributed by atoms with Crippen LogP contribution in [0.2, 0.25) is 0 Å². The Morgan fingerprint density at radius 3 is 1.71 bits per heavy atom.